The van der Waals surface area contributed by atoms with Crippen molar-refractivity contribution in [1.29, 1.82) is 0 Å². The van der Waals surface area contributed by atoms with Gasteiger partial charge in [0.1, 0.15) is 11.4 Å². The number of aryl methyl sites for hydroxylation is 1. The van der Waals surface area contributed by atoms with Gasteiger partial charge < -0.3 is 9.80 Å². The predicted molar refractivity (Wildman–Crippen MR) is 92.9 cm³/mol. The number of likely N-dealkylation sites (N-methyl/N-ethyl adjacent to an activating group) is 1. The topological polar surface area (TPSA) is 56.8 Å². The fourth-order valence-corrected chi connectivity index (χ4v) is 3.79. The monoisotopic (exact) mass is 330 g/mol. The molecule has 130 valence electrons. The van der Waals surface area contributed by atoms with E-state index in [0.717, 1.165) is 24.6 Å². The first-order chi connectivity index (χ1) is 11.3. The van der Waals surface area contributed by atoms with Crippen LogP contribution in [0.3, 0.4) is 0 Å². The summed E-state index contributed by atoms with van der Waals surface area (Å²) in [7, 11) is 1.60. The first-order valence-electron chi connectivity index (χ1n) is 8.63. The Kier molecular flexibility index (Phi) is 4.24. The average Bonchev–Trinajstić information content (AvgIpc) is 2.72. The molecule has 0 aliphatic carbocycles. The van der Waals surface area contributed by atoms with E-state index in [0.29, 0.717) is 25.3 Å². The second kappa shape index (κ2) is 6.07. The summed E-state index contributed by atoms with van der Waals surface area (Å²) < 4.78 is 0. The number of hydrogen-bond acceptors (Lipinski definition) is 4. The number of amides is 3. The fraction of sp³-hybridized carbons (Fsp3) is 0.611. The minimum absolute atomic E-state index is 0.0509. The van der Waals surface area contributed by atoms with E-state index in [9.17, 15) is 9.59 Å². The Morgan fingerprint density at radius 1 is 1.21 bits per heavy atom. The Hall–Kier alpha value is -2.11. The highest BCUT2D eigenvalue weighted by atomic mass is 16.2. The van der Waals surface area contributed by atoms with Gasteiger partial charge in [0.15, 0.2) is 0 Å². The zero-order valence-electron chi connectivity index (χ0n) is 15.0. The summed E-state index contributed by atoms with van der Waals surface area (Å²) in [5, 5.41) is 0. The summed E-state index contributed by atoms with van der Waals surface area (Å²) in [6.45, 7) is 8.23. The lowest BCUT2D eigenvalue weighted by molar-refractivity contribution is -0.133. The number of imide groups is 1. The second-order valence-corrected chi connectivity index (χ2v) is 7.31. The number of nitrogens with zero attached hydrogens (tertiary/aromatic N) is 4. The quantitative estimate of drug-likeness (QED) is 0.798. The van der Waals surface area contributed by atoms with Gasteiger partial charge in [-0.05, 0) is 37.8 Å². The molecule has 24 heavy (non-hydrogen) atoms. The van der Waals surface area contributed by atoms with E-state index in [2.05, 4.69) is 23.7 Å². The molecular weight excluding hydrogens is 304 g/mol. The standard InChI is InChI=1S/C18H26N4O2/c1-13(2)12-22-17(24)20(4)16(23)18(22)8-10-21(11-9-18)15-7-5-6-14(3)19-15/h5-7,13H,8-12H2,1-4H3. The molecular formula is C18H26N4O2. The van der Waals surface area contributed by atoms with Crippen molar-refractivity contribution in [2.75, 3.05) is 31.6 Å². The van der Waals surface area contributed by atoms with Crippen LogP contribution in [0.5, 0.6) is 0 Å². The third kappa shape index (κ3) is 2.64. The van der Waals surface area contributed by atoms with Gasteiger partial charge in [-0.15, -0.1) is 0 Å². The fourth-order valence-electron chi connectivity index (χ4n) is 3.79. The Morgan fingerprint density at radius 2 is 1.88 bits per heavy atom. The summed E-state index contributed by atoms with van der Waals surface area (Å²) >= 11 is 0. The van der Waals surface area contributed by atoms with E-state index in [1.54, 1.807) is 11.9 Å². The lowest BCUT2D eigenvalue weighted by Crippen LogP contribution is -2.57. The van der Waals surface area contributed by atoms with E-state index in [-0.39, 0.29) is 11.9 Å². The maximum atomic E-state index is 12.8. The smallest absolute Gasteiger partial charge is 0.327 e. The van der Waals surface area contributed by atoms with Crippen LogP contribution >= 0.6 is 0 Å². The normalized spacial score (nSPS) is 20.6. The van der Waals surface area contributed by atoms with Crippen LogP contribution in [0.2, 0.25) is 0 Å². The molecule has 2 fully saturated rings. The highest BCUT2D eigenvalue weighted by molar-refractivity contribution is 6.06. The van der Waals surface area contributed by atoms with Crippen LogP contribution < -0.4 is 4.90 Å². The molecule has 0 radical (unpaired) electrons. The number of carbonyl (C=O) groups excluding carboxylic acids is 2. The van der Waals surface area contributed by atoms with Crippen LogP contribution in [0.1, 0.15) is 32.4 Å². The minimum Gasteiger partial charge on any atom is -0.356 e. The van der Waals surface area contributed by atoms with Gasteiger partial charge in [0, 0.05) is 32.4 Å². The zero-order chi connectivity index (χ0) is 17.5. The lowest BCUT2D eigenvalue weighted by Gasteiger charge is -2.43. The van der Waals surface area contributed by atoms with E-state index < -0.39 is 5.54 Å². The molecule has 6 nitrogen and oxygen atoms in total. The third-order valence-electron chi connectivity index (χ3n) is 5.07. The lowest BCUT2D eigenvalue weighted by atomic mass is 9.85. The van der Waals surface area contributed by atoms with Gasteiger partial charge in [0.2, 0.25) is 0 Å². The highest BCUT2D eigenvalue weighted by Crippen LogP contribution is 2.38. The van der Waals surface area contributed by atoms with E-state index in [1.807, 2.05) is 25.1 Å². The third-order valence-corrected chi connectivity index (χ3v) is 5.07. The summed E-state index contributed by atoms with van der Waals surface area (Å²) in [5.41, 5.74) is 0.317. The van der Waals surface area contributed by atoms with Gasteiger partial charge >= 0.3 is 6.03 Å². The van der Waals surface area contributed by atoms with E-state index >= 15 is 0 Å². The van der Waals surface area contributed by atoms with Gasteiger partial charge in [-0.25, -0.2) is 9.78 Å². The summed E-state index contributed by atoms with van der Waals surface area (Å²) in [6.07, 6.45) is 1.31. The number of rotatable bonds is 3. The maximum Gasteiger partial charge on any atom is 0.327 e. The van der Waals surface area contributed by atoms with Gasteiger partial charge in [-0.3, -0.25) is 9.69 Å². The van der Waals surface area contributed by atoms with Crippen LogP contribution in [-0.2, 0) is 4.79 Å². The van der Waals surface area contributed by atoms with Crippen LogP contribution in [-0.4, -0.2) is 58.9 Å². The van der Waals surface area contributed by atoms with Crippen molar-refractivity contribution < 1.29 is 9.59 Å². The zero-order valence-corrected chi connectivity index (χ0v) is 15.0. The van der Waals surface area contributed by atoms with Crippen LogP contribution in [0.4, 0.5) is 10.6 Å². The van der Waals surface area contributed by atoms with Crippen molar-refractivity contribution in [1.82, 2.24) is 14.8 Å². The molecule has 0 atom stereocenters. The molecule has 1 aromatic heterocycles. The molecule has 0 bridgehead atoms. The molecule has 1 spiro atoms. The molecule has 2 saturated heterocycles. The summed E-state index contributed by atoms with van der Waals surface area (Å²) in [6, 6.07) is 5.83. The van der Waals surface area contributed by atoms with Crippen molar-refractivity contribution in [3.63, 3.8) is 0 Å². The van der Waals surface area contributed by atoms with Crippen molar-refractivity contribution in [3.8, 4) is 0 Å². The molecule has 2 aliphatic heterocycles. The summed E-state index contributed by atoms with van der Waals surface area (Å²) in [5.74, 6) is 1.23. The number of urea groups is 1. The number of aromatic nitrogens is 1. The molecule has 0 saturated carbocycles. The van der Waals surface area contributed by atoms with Gasteiger partial charge in [0.25, 0.3) is 5.91 Å². The first-order valence-corrected chi connectivity index (χ1v) is 8.63. The van der Waals surface area contributed by atoms with Gasteiger partial charge in [0.05, 0.1) is 0 Å². The van der Waals surface area contributed by atoms with Crippen molar-refractivity contribution in [3.05, 3.63) is 23.9 Å². The first kappa shape index (κ1) is 16.7. The van der Waals surface area contributed by atoms with Crippen molar-refractivity contribution in [2.24, 2.45) is 5.92 Å². The van der Waals surface area contributed by atoms with Crippen LogP contribution in [0.25, 0.3) is 0 Å². The van der Waals surface area contributed by atoms with E-state index in [1.165, 1.54) is 4.90 Å². The predicted octanol–water partition coefficient (Wildman–Crippen LogP) is 2.28. The molecule has 0 unspecified atom stereocenters. The maximum absolute atomic E-state index is 12.8. The Bertz CT molecular complexity index is 650. The minimum atomic E-state index is -0.670. The average molecular weight is 330 g/mol. The Balaban J connectivity index is 1.81. The van der Waals surface area contributed by atoms with Crippen LogP contribution in [0, 0.1) is 12.8 Å². The number of anilines is 1. The number of pyridine rings is 1. The Morgan fingerprint density at radius 3 is 2.46 bits per heavy atom. The molecule has 3 heterocycles. The number of hydrogen-bond donors (Lipinski definition) is 0. The van der Waals surface area contributed by atoms with Crippen LogP contribution in [0.15, 0.2) is 18.2 Å². The largest absolute Gasteiger partial charge is 0.356 e. The van der Waals surface area contributed by atoms with Crippen molar-refractivity contribution >= 4 is 17.8 Å². The molecule has 3 rings (SSSR count). The molecule has 0 N–H and O–H groups in total. The SMILES string of the molecule is Cc1cccc(N2CCC3(CC2)C(=O)N(C)C(=O)N3CC(C)C)n1. The molecule has 0 aromatic carbocycles. The molecule has 1 aromatic rings. The second-order valence-electron chi connectivity index (χ2n) is 7.31. The summed E-state index contributed by atoms with van der Waals surface area (Å²) in [4.78, 5) is 35.2. The number of piperidine rings is 1. The molecule has 3 amide bonds. The van der Waals surface area contributed by atoms with Gasteiger partial charge in [-0.2, -0.15) is 0 Å². The molecule has 6 heteroatoms. The number of carbonyl (C=O) groups is 2. The molecule has 2 aliphatic rings. The van der Waals surface area contributed by atoms with E-state index in [4.69, 9.17) is 0 Å². The highest BCUT2D eigenvalue weighted by Gasteiger charge is 2.56. The van der Waals surface area contributed by atoms with Gasteiger partial charge in [-0.1, -0.05) is 19.9 Å². The Labute approximate surface area is 143 Å². The van der Waals surface area contributed by atoms with Crippen molar-refractivity contribution in [2.45, 2.75) is 39.2 Å².